The molecule has 1 N–H and O–H groups in total. The van der Waals surface area contributed by atoms with Crippen LogP contribution in [0.4, 0.5) is 0 Å². The van der Waals surface area contributed by atoms with E-state index in [0.717, 1.165) is 29.5 Å². The topological polar surface area (TPSA) is 81.5 Å². The zero-order chi connectivity index (χ0) is 22.1. The van der Waals surface area contributed by atoms with Crippen LogP contribution in [-0.2, 0) is 9.53 Å². The minimum atomic E-state index is -0.250. The molecule has 2 fully saturated rings. The molecular formula is C25H21ClN2O4. The number of aryl methyl sites for hydroxylation is 2. The van der Waals surface area contributed by atoms with Gasteiger partial charge in [0.25, 0.3) is 0 Å². The van der Waals surface area contributed by atoms with Crippen LogP contribution in [0, 0.1) is 25.7 Å². The first kappa shape index (κ1) is 19.7. The van der Waals surface area contributed by atoms with Gasteiger partial charge < -0.3 is 14.6 Å². The molecule has 3 aromatic rings. The van der Waals surface area contributed by atoms with Crippen molar-refractivity contribution in [1.82, 2.24) is 9.97 Å². The molecule has 0 radical (unpaired) electrons. The predicted octanol–water partition coefficient (Wildman–Crippen LogP) is 5.34. The van der Waals surface area contributed by atoms with Gasteiger partial charge in [-0.05, 0) is 73.7 Å². The summed E-state index contributed by atoms with van der Waals surface area (Å²) in [4.78, 5) is 22.1. The Morgan fingerprint density at radius 1 is 1.06 bits per heavy atom. The van der Waals surface area contributed by atoms with E-state index in [2.05, 4.69) is 9.97 Å². The molecule has 1 aliphatic carbocycles. The van der Waals surface area contributed by atoms with Gasteiger partial charge in [0.1, 0.15) is 11.5 Å². The summed E-state index contributed by atoms with van der Waals surface area (Å²) < 4.78 is 11.9. The highest BCUT2D eigenvalue weighted by Gasteiger charge is 2.59. The van der Waals surface area contributed by atoms with Crippen LogP contribution in [0.5, 0.6) is 11.6 Å². The van der Waals surface area contributed by atoms with Crippen LogP contribution in [0.25, 0.3) is 16.6 Å². The van der Waals surface area contributed by atoms with Crippen molar-refractivity contribution in [3.63, 3.8) is 0 Å². The second-order valence-electron chi connectivity index (χ2n) is 8.84. The van der Waals surface area contributed by atoms with E-state index in [1.165, 1.54) is 0 Å². The summed E-state index contributed by atoms with van der Waals surface area (Å²) in [7, 11) is 0. The molecule has 32 heavy (non-hydrogen) atoms. The molecule has 4 atom stereocenters. The van der Waals surface area contributed by atoms with Crippen LogP contribution < -0.4 is 4.74 Å². The number of nitrogens with zero attached hydrogens (tertiary/aromatic N) is 2. The minimum Gasteiger partial charge on any atom is -0.511 e. The third-order valence-corrected chi connectivity index (χ3v) is 7.09. The quantitative estimate of drug-likeness (QED) is 0.582. The summed E-state index contributed by atoms with van der Waals surface area (Å²) >= 11 is 6.01. The zero-order valence-corrected chi connectivity index (χ0v) is 18.4. The van der Waals surface area contributed by atoms with Crippen LogP contribution in [0.2, 0.25) is 5.02 Å². The number of aliphatic hydroxyl groups excluding tert-OH is 1. The van der Waals surface area contributed by atoms with Crippen LogP contribution in [0.15, 0.2) is 42.3 Å². The Balaban J connectivity index is 1.34. The Kier molecular flexibility index (Phi) is 4.32. The maximum atomic E-state index is 13.3. The number of Topliss-reactive ketones (excluding diaryl/α,β-unsaturated/α-hetero) is 1. The standard InChI is InChI=1S/C25H21ClN2O4/c1-11-7-14(31-19-10-27-16-9-13(26)3-4-15(16)28-19)8-12(2)20(11)23-24(29)21-17-5-6-18(32-17)22(21)25(23)30/h3-4,7-10,17-18,21-22,29H,5-6H2,1-2H3/t17?,18?,21-,22+/m1/s1. The molecular weight excluding hydrogens is 428 g/mol. The molecule has 3 aliphatic rings. The van der Waals surface area contributed by atoms with Crippen LogP contribution in [-0.4, -0.2) is 33.1 Å². The summed E-state index contributed by atoms with van der Waals surface area (Å²) in [6, 6.07) is 9.04. The minimum absolute atomic E-state index is 0.00127. The van der Waals surface area contributed by atoms with E-state index in [1.807, 2.05) is 26.0 Å². The number of carbonyl (C=O) groups excluding carboxylic acids is 1. The van der Waals surface area contributed by atoms with E-state index in [1.54, 1.807) is 24.4 Å². The molecule has 0 saturated carbocycles. The third-order valence-electron chi connectivity index (χ3n) is 6.86. The molecule has 0 amide bonds. The highest BCUT2D eigenvalue weighted by Crippen LogP contribution is 2.54. The first-order valence-corrected chi connectivity index (χ1v) is 11.1. The number of ether oxygens (including phenoxy) is 2. The fourth-order valence-electron chi connectivity index (χ4n) is 5.58. The summed E-state index contributed by atoms with van der Waals surface area (Å²) in [5, 5.41) is 11.6. The number of hydrogen-bond donors (Lipinski definition) is 1. The number of allylic oxidation sites excluding steroid dienone is 1. The smallest absolute Gasteiger partial charge is 0.238 e. The first-order chi connectivity index (χ1) is 15.4. The summed E-state index contributed by atoms with van der Waals surface area (Å²) in [6.07, 6.45) is 3.24. The van der Waals surface area contributed by atoms with Gasteiger partial charge in [-0.25, -0.2) is 9.97 Å². The van der Waals surface area contributed by atoms with Gasteiger partial charge in [-0.2, -0.15) is 0 Å². The first-order valence-electron chi connectivity index (χ1n) is 10.8. The van der Waals surface area contributed by atoms with Gasteiger partial charge in [0.2, 0.25) is 5.88 Å². The van der Waals surface area contributed by atoms with Crippen LogP contribution in [0.3, 0.4) is 0 Å². The molecule has 2 unspecified atom stereocenters. The van der Waals surface area contributed by atoms with Crippen LogP contribution in [0.1, 0.15) is 29.5 Å². The highest BCUT2D eigenvalue weighted by atomic mass is 35.5. The summed E-state index contributed by atoms with van der Waals surface area (Å²) in [6.45, 7) is 3.85. The molecule has 2 aliphatic heterocycles. The predicted molar refractivity (Wildman–Crippen MR) is 120 cm³/mol. The number of hydrogen-bond acceptors (Lipinski definition) is 6. The van der Waals surface area contributed by atoms with E-state index in [9.17, 15) is 9.90 Å². The zero-order valence-electron chi connectivity index (χ0n) is 17.6. The van der Waals surface area contributed by atoms with Gasteiger partial charge in [0, 0.05) is 5.02 Å². The molecule has 2 bridgehead atoms. The SMILES string of the molecule is Cc1cc(Oc2cnc3cc(Cl)ccc3n2)cc(C)c1C1=C(O)[C@@H]2C3CCC(O3)[C@@H]2C1=O. The number of halogens is 1. The van der Waals surface area contributed by atoms with Gasteiger partial charge in [-0.15, -0.1) is 0 Å². The Labute approximate surface area is 189 Å². The summed E-state index contributed by atoms with van der Waals surface area (Å²) in [5.41, 5.74) is 4.34. The van der Waals surface area contributed by atoms with E-state index >= 15 is 0 Å². The highest BCUT2D eigenvalue weighted by molar-refractivity contribution is 6.31. The average Bonchev–Trinajstić information content (AvgIpc) is 3.43. The molecule has 0 spiro atoms. The van der Waals surface area contributed by atoms with Crippen molar-refractivity contribution in [3.05, 3.63) is 64.0 Å². The number of aromatic nitrogens is 2. The Bertz CT molecular complexity index is 1310. The number of benzene rings is 2. The van der Waals surface area contributed by atoms with Gasteiger partial charge in [-0.1, -0.05) is 11.6 Å². The van der Waals surface area contributed by atoms with Crippen molar-refractivity contribution in [3.8, 4) is 11.6 Å². The molecule has 2 saturated heterocycles. The van der Waals surface area contributed by atoms with Gasteiger partial charge in [-0.3, -0.25) is 4.79 Å². The number of ketones is 1. The maximum Gasteiger partial charge on any atom is 0.238 e. The average molecular weight is 449 g/mol. The van der Waals surface area contributed by atoms with E-state index in [-0.39, 0.29) is 35.6 Å². The largest absolute Gasteiger partial charge is 0.511 e. The monoisotopic (exact) mass is 448 g/mol. The number of fused-ring (bicyclic) bond motifs is 6. The molecule has 1 aromatic heterocycles. The van der Waals surface area contributed by atoms with Crippen LogP contribution >= 0.6 is 11.6 Å². The number of carbonyl (C=O) groups is 1. The van der Waals surface area contributed by atoms with Crippen molar-refractivity contribution in [2.75, 3.05) is 0 Å². The lowest BCUT2D eigenvalue weighted by molar-refractivity contribution is -0.118. The van der Waals surface area contributed by atoms with E-state index in [4.69, 9.17) is 21.1 Å². The second-order valence-corrected chi connectivity index (χ2v) is 9.28. The van der Waals surface area contributed by atoms with Gasteiger partial charge >= 0.3 is 0 Å². The lowest BCUT2D eigenvalue weighted by Crippen LogP contribution is -2.29. The fourth-order valence-corrected chi connectivity index (χ4v) is 5.75. The van der Waals surface area contributed by atoms with E-state index < -0.39 is 0 Å². The molecule has 162 valence electrons. The van der Waals surface area contributed by atoms with Crippen molar-refractivity contribution in [2.45, 2.75) is 38.9 Å². The Hall–Kier alpha value is -2.96. The Morgan fingerprint density at radius 3 is 2.50 bits per heavy atom. The van der Waals surface area contributed by atoms with Crippen molar-refractivity contribution in [1.29, 1.82) is 0 Å². The van der Waals surface area contributed by atoms with Gasteiger partial charge in [0.15, 0.2) is 5.78 Å². The molecule has 7 heteroatoms. The van der Waals surface area contributed by atoms with E-state index in [0.29, 0.717) is 33.3 Å². The van der Waals surface area contributed by atoms with Gasteiger partial charge in [0.05, 0.1) is 46.8 Å². The third kappa shape index (κ3) is 2.86. The molecule has 2 aromatic carbocycles. The Morgan fingerprint density at radius 2 is 1.78 bits per heavy atom. The maximum absolute atomic E-state index is 13.3. The second kappa shape index (κ2) is 7.02. The fraction of sp³-hybridized carbons (Fsp3) is 0.320. The van der Waals surface area contributed by atoms with Crippen molar-refractivity contribution >= 4 is 34.0 Å². The van der Waals surface area contributed by atoms with Crippen molar-refractivity contribution in [2.24, 2.45) is 11.8 Å². The molecule has 3 heterocycles. The lowest BCUT2D eigenvalue weighted by atomic mass is 9.80. The summed E-state index contributed by atoms with van der Waals surface area (Å²) in [5.74, 6) is 0.700. The lowest BCUT2D eigenvalue weighted by Gasteiger charge is -2.19. The number of aliphatic hydroxyl groups is 1. The molecule has 6 nitrogen and oxygen atoms in total. The van der Waals surface area contributed by atoms with Crippen molar-refractivity contribution < 1.29 is 19.4 Å². The normalized spacial score (nSPS) is 26.3. The molecule has 6 rings (SSSR count). The number of rotatable bonds is 3.